The van der Waals surface area contributed by atoms with E-state index in [0.717, 1.165) is 49.1 Å². The van der Waals surface area contributed by atoms with Gasteiger partial charge in [0.1, 0.15) is 0 Å². The highest BCUT2D eigenvalue weighted by Crippen LogP contribution is 2.29. The third-order valence-electron chi connectivity index (χ3n) is 4.89. The number of likely N-dealkylation sites (tertiary alicyclic amines) is 1. The van der Waals surface area contributed by atoms with Gasteiger partial charge in [-0.2, -0.15) is 0 Å². The number of halogens is 1. The van der Waals surface area contributed by atoms with Gasteiger partial charge in [0.25, 0.3) is 0 Å². The first-order valence-corrected chi connectivity index (χ1v) is 9.48. The highest BCUT2D eigenvalue weighted by molar-refractivity contribution is 6.36. The van der Waals surface area contributed by atoms with E-state index in [1.807, 2.05) is 36.4 Å². The smallest absolute Gasteiger partial charge is 0.319 e. The number of hydrogen-bond acceptors (Lipinski definition) is 3. The number of nitrogens with zero attached hydrogens (tertiary/aromatic N) is 1. The number of nitrogens with one attached hydrogen (secondary N) is 2. The molecule has 5 nitrogen and oxygen atoms in total. The average molecular weight is 376 g/mol. The van der Waals surface area contributed by atoms with Crippen LogP contribution in [-0.4, -0.2) is 50.8 Å². The summed E-state index contributed by atoms with van der Waals surface area (Å²) in [7, 11) is 1.73. The third kappa shape index (κ3) is 4.87. The van der Waals surface area contributed by atoms with E-state index in [1.165, 1.54) is 6.42 Å². The van der Waals surface area contributed by atoms with Gasteiger partial charge < -0.3 is 20.3 Å². The maximum atomic E-state index is 12.3. The second-order valence-corrected chi connectivity index (χ2v) is 7.18. The van der Waals surface area contributed by atoms with Crippen molar-refractivity contribution in [1.82, 2.24) is 10.2 Å². The van der Waals surface area contributed by atoms with E-state index in [2.05, 4.69) is 15.5 Å². The lowest BCUT2D eigenvalue weighted by molar-refractivity contribution is 0.115. The summed E-state index contributed by atoms with van der Waals surface area (Å²) in [5.74, 6) is 0.480. The second-order valence-electron chi connectivity index (χ2n) is 6.78. The minimum atomic E-state index is -0.175. The van der Waals surface area contributed by atoms with Crippen molar-refractivity contribution in [1.29, 1.82) is 0 Å². The Morgan fingerprint density at radius 2 is 2.08 bits per heavy atom. The minimum absolute atomic E-state index is 0.175. The molecule has 0 bridgehead atoms. The number of methoxy groups -OCH3 is 1. The lowest BCUT2D eigenvalue weighted by Gasteiger charge is -2.32. The van der Waals surface area contributed by atoms with Crippen molar-refractivity contribution in [2.45, 2.75) is 12.8 Å². The standard InChI is InChI=1S/C20H26ClN3O2/c1-26-12-11-24-10-4-5-15(14-24)13-22-20(25)23-19-9-8-18(21)16-6-2-3-7-17(16)19/h2-3,6-9,15H,4-5,10-14H2,1H3,(H2,22,23,25)/t15-/m0/s1. The van der Waals surface area contributed by atoms with Crippen LogP contribution >= 0.6 is 11.6 Å². The number of rotatable bonds is 6. The number of anilines is 1. The van der Waals surface area contributed by atoms with E-state index < -0.39 is 0 Å². The number of urea groups is 1. The molecule has 1 heterocycles. The Bertz CT molecular complexity index is 753. The van der Waals surface area contributed by atoms with Crippen LogP contribution in [0.1, 0.15) is 12.8 Å². The van der Waals surface area contributed by atoms with Crippen molar-refractivity contribution in [3.05, 3.63) is 41.4 Å². The first-order valence-electron chi connectivity index (χ1n) is 9.11. The Morgan fingerprint density at radius 1 is 1.27 bits per heavy atom. The van der Waals surface area contributed by atoms with Crippen molar-refractivity contribution in [2.24, 2.45) is 5.92 Å². The van der Waals surface area contributed by atoms with Gasteiger partial charge >= 0.3 is 6.03 Å². The Labute approximate surface area is 159 Å². The number of benzene rings is 2. The highest BCUT2D eigenvalue weighted by atomic mass is 35.5. The third-order valence-corrected chi connectivity index (χ3v) is 5.21. The van der Waals surface area contributed by atoms with Gasteiger partial charge in [0.15, 0.2) is 0 Å². The summed E-state index contributed by atoms with van der Waals surface area (Å²) in [5.41, 5.74) is 0.771. The number of amides is 2. The van der Waals surface area contributed by atoms with E-state index in [-0.39, 0.29) is 6.03 Å². The lowest BCUT2D eigenvalue weighted by Crippen LogP contribution is -2.42. The molecule has 0 saturated carbocycles. The van der Waals surface area contributed by atoms with E-state index in [9.17, 15) is 4.79 Å². The second kappa shape index (κ2) is 9.21. The van der Waals surface area contributed by atoms with Crippen LogP contribution in [0.5, 0.6) is 0 Å². The molecule has 1 aliphatic heterocycles. The van der Waals surface area contributed by atoms with Crippen LogP contribution in [0.4, 0.5) is 10.5 Å². The Kier molecular flexibility index (Phi) is 6.72. The fourth-order valence-corrected chi connectivity index (χ4v) is 3.74. The molecule has 3 rings (SSSR count). The molecular weight excluding hydrogens is 350 g/mol. The highest BCUT2D eigenvalue weighted by Gasteiger charge is 2.20. The maximum absolute atomic E-state index is 12.3. The van der Waals surface area contributed by atoms with Crippen LogP contribution in [0.25, 0.3) is 10.8 Å². The molecule has 0 spiro atoms. The molecule has 140 valence electrons. The number of ether oxygens (including phenoxy) is 1. The van der Waals surface area contributed by atoms with Crippen LogP contribution in [0.3, 0.4) is 0 Å². The predicted molar refractivity (Wildman–Crippen MR) is 107 cm³/mol. The summed E-state index contributed by atoms with van der Waals surface area (Å²) >= 11 is 6.24. The van der Waals surface area contributed by atoms with Gasteiger partial charge in [-0.3, -0.25) is 0 Å². The molecule has 1 atom stereocenters. The zero-order valence-corrected chi connectivity index (χ0v) is 15.9. The lowest BCUT2D eigenvalue weighted by atomic mass is 9.98. The van der Waals surface area contributed by atoms with Crippen molar-refractivity contribution in [2.75, 3.05) is 45.2 Å². The average Bonchev–Trinajstić information content (AvgIpc) is 2.67. The van der Waals surface area contributed by atoms with Crippen LogP contribution in [0, 0.1) is 5.92 Å². The molecule has 1 aliphatic rings. The first-order chi connectivity index (χ1) is 12.7. The summed E-state index contributed by atoms with van der Waals surface area (Å²) in [6.45, 7) is 4.51. The zero-order valence-electron chi connectivity index (χ0n) is 15.1. The number of carbonyl (C=O) groups excluding carboxylic acids is 1. The quantitative estimate of drug-likeness (QED) is 0.803. The van der Waals surface area contributed by atoms with Crippen LogP contribution < -0.4 is 10.6 Å². The zero-order chi connectivity index (χ0) is 18.4. The van der Waals surface area contributed by atoms with E-state index in [4.69, 9.17) is 16.3 Å². The maximum Gasteiger partial charge on any atom is 0.319 e. The van der Waals surface area contributed by atoms with E-state index in [0.29, 0.717) is 17.5 Å². The fraction of sp³-hybridized carbons (Fsp3) is 0.450. The van der Waals surface area contributed by atoms with Crippen molar-refractivity contribution < 1.29 is 9.53 Å². The molecule has 2 N–H and O–H groups in total. The molecule has 0 aliphatic carbocycles. The molecule has 6 heteroatoms. The van der Waals surface area contributed by atoms with Gasteiger partial charge in [-0.25, -0.2) is 4.79 Å². The number of hydrogen-bond donors (Lipinski definition) is 2. The Morgan fingerprint density at radius 3 is 2.88 bits per heavy atom. The SMILES string of the molecule is COCCN1CCC[C@@H](CNC(=O)Nc2ccc(Cl)c3ccccc23)C1. The molecule has 26 heavy (non-hydrogen) atoms. The molecule has 0 unspecified atom stereocenters. The minimum Gasteiger partial charge on any atom is -0.383 e. The first kappa shape index (κ1) is 19.0. The van der Waals surface area contributed by atoms with Crippen LogP contribution in [0.15, 0.2) is 36.4 Å². The molecule has 0 radical (unpaired) electrons. The van der Waals surface area contributed by atoms with Crippen molar-refractivity contribution in [3.63, 3.8) is 0 Å². The molecule has 2 aromatic rings. The predicted octanol–water partition coefficient (Wildman–Crippen LogP) is 3.97. The van der Waals surface area contributed by atoms with Crippen molar-refractivity contribution in [3.8, 4) is 0 Å². The summed E-state index contributed by atoms with van der Waals surface area (Å²) in [6, 6.07) is 11.3. The van der Waals surface area contributed by atoms with Gasteiger partial charge in [0.2, 0.25) is 0 Å². The summed E-state index contributed by atoms with van der Waals surface area (Å²) in [4.78, 5) is 14.8. The molecule has 0 aromatic heterocycles. The number of fused-ring (bicyclic) bond motifs is 1. The Balaban J connectivity index is 1.54. The van der Waals surface area contributed by atoms with Crippen molar-refractivity contribution >= 4 is 34.1 Å². The van der Waals surface area contributed by atoms with Gasteiger partial charge in [-0.1, -0.05) is 35.9 Å². The number of piperidine rings is 1. The molecule has 2 aromatic carbocycles. The van der Waals surface area contributed by atoms with Crippen LogP contribution in [0.2, 0.25) is 5.02 Å². The van der Waals surface area contributed by atoms with Gasteiger partial charge in [-0.05, 0) is 37.4 Å². The van der Waals surface area contributed by atoms with Gasteiger partial charge in [0, 0.05) is 42.5 Å². The van der Waals surface area contributed by atoms with Gasteiger partial charge in [0.05, 0.1) is 12.3 Å². The van der Waals surface area contributed by atoms with E-state index in [1.54, 1.807) is 7.11 Å². The normalized spacial score (nSPS) is 18.0. The van der Waals surface area contributed by atoms with Gasteiger partial charge in [-0.15, -0.1) is 0 Å². The molecule has 1 saturated heterocycles. The topological polar surface area (TPSA) is 53.6 Å². The molecule has 2 amide bonds. The Hall–Kier alpha value is -1.82. The fourth-order valence-electron chi connectivity index (χ4n) is 3.52. The van der Waals surface area contributed by atoms with Crippen LogP contribution in [-0.2, 0) is 4.74 Å². The van der Waals surface area contributed by atoms with E-state index >= 15 is 0 Å². The monoisotopic (exact) mass is 375 g/mol. The molecule has 1 fully saturated rings. The summed E-state index contributed by atoms with van der Waals surface area (Å²) < 4.78 is 5.16. The number of carbonyl (C=O) groups is 1. The molecular formula is C20H26ClN3O2. The summed E-state index contributed by atoms with van der Waals surface area (Å²) in [5, 5.41) is 8.54. The summed E-state index contributed by atoms with van der Waals surface area (Å²) in [6.07, 6.45) is 2.31. The largest absolute Gasteiger partial charge is 0.383 e.